The van der Waals surface area contributed by atoms with Gasteiger partial charge in [0.25, 0.3) is 0 Å². The van der Waals surface area contributed by atoms with Crippen molar-refractivity contribution < 1.29 is 14.3 Å². The van der Waals surface area contributed by atoms with Gasteiger partial charge < -0.3 is 10.1 Å². The minimum absolute atomic E-state index is 0.151. The van der Waals surface area contributed by atoms with Crippen LogP contribution in [0.4, 0.5) is 0 Å². The van der Waals surface area contributed by atoms with Crippen LogP contribution in [0.2, 0.25) is 0 Å². The molecule has 1 atom stereocenters. The number of nitrogens with two attached hydrogens (primary N) is 1. The van der Waals surface area contributed by atoms with Crippen molar-refractivity contribution in [3.63, 3.8) is 0 Å². The molecule has 6 nitrogen and oxygen atoms in total. The van der Waals surface area contributed by atoms with E-state index in [1.165, 1.54) is 0 Å². The summed E-state index contributed by atoms with van der Waals surface area (Å²) in [5, 5.41) is 2.40. The standard InChI is InChI=1S/C9H19N3O3/c1-6(12-10)8(14)11-5-7(13)15-9(2,3)4/h6,12H,5,10H2,1-4H3,(H,11,14)/t6-/m0/s1. The van der Waals surface area contributed by atoms with Crippen molar-refractivity contribution in [2.75, 3.05) is 6.54 Å². The fraction of sp³-hybridized carbons (Fsp3) is 0.778. The predicted molar refractivity (Wildman–Crippen MR) is 55.6 cm³/mol. The summed E-state index contributed by atoms with van der Waals surface area (Å²) < 4.78 is 5.00. The Balaban J connectivity index is 3.87. The second-order valence-electron chi connectivity index (χ2n) is 4.19. The molecule has 1 amide bonds. The molecule has 0 rings (SSSR count). The van der Waals surface area contributed by atoms with Gasteiger partial charge in [-0.2, -0.15) is 0 Å². The van der Waals surface area contributed by atoms with Crippen LogP contribution < -0.4 is 16.6 Å². The Hall–Kier alpha value is -1.14. The van der Waals surface area contributed by atoms with E-state index in [1.54, 1.807) is 27.7 Å². The lowest BCUT2D eigenvalue weighted by molar-refractivity contribution is -0.154. The van der Waals surface area contributed by atoms with Crippen LogP contribution in [0.15, 0.2) is 0 Å². The molecule has 0 saturated carbocycles. The number of esters is 1. The number of nitrogens with one attached hydrogen (secondary N) is 2. The van der Waals surface area contributed by atoms with Gasteiger partial charge in [0.1, 0.15) is 12.1 Å². The van der Waals surface area contributed by atoms with Gasteiger partial charge in [-0.15, -0.1) is 0 Å². The maximum absolute atomic E-state index is 11.2. The Kier molecular flexibility index (Phi) is 5.24. The van der Waals surface area contributed by atoms with Gasteiger partial charge in [0.15, 0.2) is 0 Å². The minimum atomic E-state index is -0.542. The lowest BCUT2D eigenvalue weighted by Crippen LogP contribution is -2.47. The molecule has 0 aromatic carbocycles. The van der Waals surface area contributed by atoms with Crippen molar-refractivity contribution in [1.29, 1.82) is 0 Å². The fourth-order valence-corrected chi connectivity index (χ4v) is 0.766. The molecule has 0 aliphatic heterocycles. The average Bonchev–Trinajstić information content (AvgIpc) is 2.10. The number of carbonyl (C=O) groups is 2. The lowest BCUT2D eigenvalue weighted by atomic mass is 10.2. The van der Waals surface area contributed by atoms with E-state index in [4.69, 9.17) is 10.6 Å². The van der Waals surface area contributed by atoms with Crippen molar-refractivity contribution >= 4 is 11.9 Å². The summed E-state index contributed by atoms with van der Waals surface area (Å²) in [6.45, 7) is 6.72. The largest absolute Gasteiger partial charge is 0.459 e. The summed E-state index contributed by atoms with van der Waals surface area (Å²) in [7, 11) is 0. The Morgan fingerprint density at radius 2 is 1.93 bits per heavy atom. The number of hydrogen-bond acceptors (Lipinski definition) is 5. The third-order valence-electron chi connectivity index (χ3n) is 1.47. The van der Waals surface area contributed by atoms with Crippen LogP contribution in [-0.4, -0.2) is 30.1 Å². The Morgan fingerprint density at radius 3 is 2.33 bits per heavy atom. The van der Waals surface area contributed by atoms with Crippen LogP contribution in [-0.2, 0) is 14.3 Å². The number of amides is 1. The predicted octanol–water partition coefficient (Wildman–Crippen LogP) is -0.704. The molecule has 0 radical (unpaired) electrons. The smallest absolute Gasteiger partial charge is 0.325 e. The highest BCUT2D eigenvalue weighted by molar-refractivity contribution is 5.85. The zero-order valence-electron chi connectivity index (χ0n) is 9.59. The molecule has 0 aliphatic rings. The molecule has 0 fully saturated rings. The Labute approximate surface area is 89.5 Å². The van der Waals surface area contributed by atoms with Crippen molar-refractivity contribution in [1.82, 2.24) is 10.7 Å². The summed E-state index contributed by atoms with van der Waals surface area (Å²) in [6, 6.07) is -0.535. The van der Waals surface area contributed by atoms with E-state index in [-0.39, 0.29) is 12.5 Å². The molecule has 4 N–H and O–H groups in total. The average molecular weight is 217 g/mol. The molecule has 0 bridgehead atoms. The lowest BCUT2D eigenvalue weighted by Gasteiger charge is -2.19. The molecular formula is C9H19N3O3. The first-order valence-corrected chi connectivity index (χ1v) is 4.72. The minimum Gasteiger partial charge on any atom is -0.459 e. The van der Waals surface area contributed by atoms with Crippen LogP contribution in [0.3, 0.4) is 0 Å². The van der Waals surface area contributed by atoms with Gasteiger partial charge in [-0.3, -0.25) is 15.4 Å². The van der Waals surface area contributed by atoms with E-state index in [9.17, 15) is 9.59 Å². The molecule has 0 aromatic heterocycles. The summed E-state index contributed by atoms with van der Waals surface area (Å²) in [4.78, 5) is 22.4. The zero-order valence-corrected chi connectivity index (χ0v) is 9.59. The number of hydrogen-bond donors (Lipinski definition) is 3. The monoisotopic (exact) mass is 217 g/mol. The SMILES string of the molecule is C[C@H](NN)C(=O)NCC(=O)OC(C)(C)C. The summed E-state index contributed by atoms with van der Waals surface area (Å²) >= 11 is 0. The summed E-state index contributed by atoms with van der Waals surface area (Å²) in [5.74, 6) is 4.24. The molecule has 0 saturated heterocycles. The third kappa shape index (κ3) is 6.87. The maximum Gasteiger partial charge on any atom is 0.325 e. The molecule has 0 unspecified atom stereocenters. The van der Waals surface area contributed by atoms with Crippen molar-refractivity contribution in [2.24, 2.45) is 5.84 Å². The fourth-order valence-electron chi connectivity index (χ4n) is 0.766. The molecule has 0 aliphatic carbocycles. The van der Waals surface area contributed by atoms with Crippen molar-refractivity contribution in [2.45, 2.75) is 39.3 Å². The van der Waals surface area contributed by atoms with Gasteiger partial charge in [0.05, 0.1) is 6.04 Å². The molecule has 0 spiro atoms. The van der Waals surface area contributed by atoms with Crippen LogP contribution in [0, 0.1) is 0 Å². The van der Waals surface area contributed by atoms with E-state index in [2.05, 4.69) is 10.7 Å². The Morgan fingerprint density at radius 1 is 1.40 bits per heavy atom. The highest BCUT2D eigenvalue weighted by Gasteiger charge is 2.17. The molecule has 6 heteroatoms. The van der Waals surface area contributed by atoms with Gasteiger partial charge in [-0.25, -0.2) is 5.43 Å². The van der Waals surface area contributed by atoms with Crippen LogP contribution in [0.25, 0.3) is 0 Å². The van der Waals surface area contributed by atoms with Crippen molar-refractivity contribution in [3.8, 4) is 0 Å². The van der Waals surface area contributed by atoms with Gasteiger partial charge in [-0.05, 0) is 27.7 Å². The van der Waals surface area contributed by atoms with Gasteiger partial charge in [0.2, 0.25) is 5.91 Å². The number of ether oxygens (including phenoxy) is 1. The first-order chi connectivity index (χ1) is 6.76. The molecular weight excluding hydrogens is 198 g/mol. The van der Waals surface area contributed by atoms with E-state index < -0.39 is 17.6 Å². The summed E-state index contributed by atoms with van der Waals surface area (Å²) in [5.41, 5.74) is 1.73. The normalized spacial score (nSPS) is 13.1. The quantitative estimate of drug-likeness (QED) is 0.329. The van der Waals surface area contributed by atoms with Crippen LogP contribution in [0.5, 0.6) is 0 Å². The first kappa shape index (κ1) is 13.9. The van der Waals surface area contributed by atoms with E-state index in [0.717, 1.165) is 0 Å². The summed E-state index contributed by atoms with van der Waals surface area (Å²) in [6.07, 6.45) is 0. The molecule has 0 aromatic rings. The van der Waals surface area contributed by atoms with E-state index >= 15 is 0 Å². The second-order valence-corrected chi connectivity index (χ2v) is 4.19. The van der Waals surface area contributed by atoms with Gasteiger partial charge in [-0.1, -0.05) is 0 Å². The van der Waals surface area contributed by atoms with Gasteiger partial charge >= 0.3 is 5.97 Å². The van der Waals surface area contributed by atoms with Crippen molar-refractivity contribution in [3.05, 3.63) is 0 Å². The molecule has 88 valence electrons. The zero-order chi connectivity index (χ0) is 12.1. The topological polar surface area (TPSA) is 93.5 Å². The maximum atomic E-state index is 11.2. The van der Waals surface area contributed by atoms with Crippen LogP contribution >= 0.6 is 0 Å². The first-order valence-electron chi connectivity index (χ1n) is 4.72. The van der Waals surface area contributed by atoms with Crippen LogP contribution in [0.1, 0.15) is 27.7 Å². The third-order valence-corrected chi connectivity index (χ3v) is 1.47. The molecule has 0 heterocycles. The number of rotatable bonds is 4. The molecule has 15 heavy (non-hydrogen) atoms. The number of carbonyl (C=O) groups excluding carboxylic acids is 2. The van der Waals surface area contributed by atoms with Gasteiger partial charge in [0, 0.05) is 0 Å². The van der Waals surface area contributed by atoms with E-state index in [1.807, 2.05) is 0 Å². The Bertz CT molecular complexity index is 235. The second kappa shape index (κ2) is 5.67. The highest BCUT2D eigenvalue weighted by Crippen LogP contribution is 2.06. The highest BCUT2D eigenvalue weighted by atomic mass is 16.6. The van der Waals surface area contributed by atoms with E-state index in [0.29, 0.717) is 0 Å². The number of hydrazine groups is 1.